The summed E-state index contributed by atoms with van der Waals surface area (Å²) in [5.74, 6) is -3.58. The molecule has 8 nitrogen and oxygen atoms in total. The Morgan fingerprint density at radius 3 is 2.56 bits per heavy atom. The van der Waals surface area contributed by atoms with Crippen LogP contribution >= 0.6 is 15.9 Å². The summed E-state index contributed by atoms with van der Waals surface area (Å²) in [5, 5.41) is 6.02. The number of amides is 4. The van der Waals surface area contributed by atoms with Crippen molar-refractivity contribution in [3.05, 3.63) is 64.1 Å². The van der Waals surface area contributed by atoms with Gasteiger partial charge in [0.15, 0.2) is 0 Å². The molecule has 0 saturated carbocycles. The number of primary amides is 1. The lowest BCUT2D eigenvalue weighted by atomic mass is 9.76. The summed E-state index contributed by atoms with van der Waals surface area (Å²) in [6.07, 6.45) is 0.359. The second kappa shape index (κ2) is 7.53. The third-order valence-electron chi connectivity index (χ3n) is 6.66. The van der Waals surface area contributed by atoms with Crippen LogP contribution in [0.1, 0.15) is 17.5 Å². The standard InChI is InChI=1S/C23H21BrN4O4/c24-13-6-7-15-14(10-13)23(22(32)26-15)19-18(16(27-23)11-17(25)29)20(30)28(21(19)31)9-8-12-4-2-1-3-5-12/h1-7,10,16,18-19,27H,8-9,11H2,(H2,25,29)(H,26,32)/t16-,18+,19-,23+/m0/s1. The van der Waals surface area contributed by atoms with E-state index in [1.165, 1.54) is 4.90 Å². The summed E-state index contributed by atoms with van der Waals surface area (Å²) in [7, 11) is 0. The van der Waals surface area contributed by atoms with Crippen molar-refractivity contribution in [2.45, 2.75) is 24.4 Å². The lowest BCUT2D eigenvalue weighted by molar-refractivity contribution is -0.142. The number of likely N-dealkylation sites (tertiary alicyclic amines) is 1. The Morgan fingerprint density at radius 2 is 1.84 bits per heavy atom. The predicted octanol–water partition coefficient (Wildman–Crippen LogP) is 1.29. The fraction of sp³-hybridized carbons (Fsp3) is 0.304. The number of rotatable bonds is 5. The van der Waals surface area contributed by atoms with Gasteiger partial charge in [-0.15, -0.1) is 0 Å². The third kappa shape index (κ3) is 2.99. The van der Waals surface area contributed by atoms with E-state index in [2.05, 4.69) is 26.6 Å². The molecule has 0 aliphatic carbocycles. The maximum atomic E-state index is 13.6. The van der Waals surface area contributed by atoms with E-state index in [0.29, 0.717) is 17.7 Å². The Hall–Kier alpha value is -3.04. The van der Waals surface area contributed by atoms with E-state index in [1.54, 1.807) is 18.2 Å². The van der Waals surface area contributed by atoms with Crippen LogP contribution in [-0.2, 0) is 31.1 Å². The van der Waals surface area contributed by atoms with Crippen molar-refractivity contribution in [3.63, 3.8) is 0 Å². The van der Waals surface area contributed by atoms with Crippen LogP contribution in [0.2, 0.25) is 0 Å². The molecule has 32 heavy (non-hydrogen) atoms. The smallest absolute Gasteiger partial charge is 0.250 e. The summed E-state index contributed by atoms with van der Waals surface area (Å²) in [5.41, 5.74) is 6.18. The first kappa shape index (κ1) is 20.8. The van der Waals surface area contributed by atoms with Gasteiger partial charge in [0.1, 0.15) is 5.54 Å². The number of carbonyl (C=O) groups is 4. The fourth-order valence-corrected chi connectivity index (χ4v) is 5.69. The molecule has 3 aliphatic heterocycles. The first-order valence-corrected chi connectivity index (χ1v) is 11.2. The number of halogens is 1. The van der Waals surface area contributed by atoms with E-state index < -0.39 is 41.1 Å². The van der Waals surface area contributed by atoms with Gasteiger partial charge < -0.3 is 11.1 Å². The Balaban J connectivity index is 1.55. The molecular formula is C23H21BrN4O4. The normalized spacial score (nSPS) is 28.2. The van der Waals surface area contributed by atoms with Gasteiger partial charge in [-0.05, 0) is 30.2 Å². The zero-order valence-electron chi connectivity index (χ0n) is 17.0. The van der Waals surface area contributed by atoms with Gasteiger partial charge in [-0.1, -0.05) is 46.3 Å². The Morgan fingerprint density at radius 1 is 1.09 bits per heavy atom. The van der Waals surface area contributed by atoms with Gasteiger partial charge in [-0.25, -0.2) is 0 Å². The van der Waals surface area contributed by atoms with Gasteiger partial charge in [-0.3, -0.25) is 29.4 Å². The van der Waals surface area contributed by atoms with Crippen molar-refractivity contribution >= 4 is 45.2 Å². The molecule has 2 fully saturated rings. The minimum Gasteiger partial charge on any atom is -0.370 e. The second-order valence-corrected chi connectivity index (χ2v) is 9.36. The number of anilines is 1. The number of nitrogens with two attached hydrogens (primary N) is 1. The molecule has 3 aliphatic rings. The molecule has 164 valence electrons. The van der Waals surface area contributed by atoms with Crippen LogP contribution in [0, 0.1) is 11.8 Å². The molecule has 4 N–H and O–H groups in total. The quantitative estimate of drug-likeness (QED) is 0.538. The minimum absolute atomic E-state index is 0.148. The van der Waals surface area contributed by atoms with Crippen molar-refractivity contribution in [3.8, 4) is 0 Å². The Labute approximate surface area is 192 Å². The molecule has 5 rings (SSSR count). The largest absolute Gasteiger partial charge is 0.370 e. The van der Waals surface area contributed by atoms with E-state index >= 15 is 0 Å². The summed E-state index contributed by atoms with van der Waals surface area (Å²) in [4.78, 5) is 53.3. The van der Waals surface area contributed by atoms with Crippen molar-refractivity contribution in [1.29, 1.82) is 0 Å². The van der Waals surface area contributed by atoms with Crippen molar-refractivity contribution in [2.75, 3.05) is 11.9 Å². The molecule has 0 radical (unpaired) electrons. The van der Waals surface area contributed by atoms with E-state index in [9.17, 15) is 19.2 Å². The summed E-state index contributed by atoms with van der Waals surface area (Å²) >= 11 is 3.43. The van der Waals surface area contributed by atoms with Crippen molar-refractivity contribution < 1.29 is 19.2 Å². The second-order valence-electron chi connectivity index (χ2n) is 8.44. The lowest BCUT2D eigenvalue weighted by Crippen LogP contribution is -2.53. The molecule has 2 saturated heterocycles. The maximum Gasteiger partial charge on any atom is 0.250 e. The van der Waals surface area contributed by atoms with Gasteiger partial charge in [0.25, 0.3) is 0 Å². The zero-order chi connectivity index (χ0) is 22.6. The molecule has 3 heterocycles. The average molecular weight is 497 g/mol. The van der Waals surface area contributed by atoms with E-state index in [-0.39, 0.29) is 18.9 Å². The first-order chi connectivity index (χ1) is 15.3. The monoisotopic (exact) mass is 496 g/mol. The Bertz CT molecular complexity index is 1150. The van der Waals surface area contributed by atoms with Crippen LogP contribution in [0.25, 0.3) is 0 Å². The number of hydrogen-bond acceptors (Lipinski definition) is 5. The zero-order valence-corrected chi connectivity index (χ0v) is 18.6. The highest BCUT2D eigenvalue weighted by atomic mass is 79.9. The van der Waals surface area contributed by atoms with Gasteiger partial charge in [0.05, 0.1) is 11.8 Å². The molecule has 2 aromatic carbocycles. The highest BCUT2D eigenvalue weighted by Crippen LogP contribution is 2.53. The van der Waals surface area contributed by atoms with E-state index in [1.807, 2.05) is 30.3 Å². The molecule has 1 spiro atoms. The highest BCUT2D eigenvalue weighted by Gasteiger charge is 2.70. The average Bonchev–Trinajstić information content (AvgIpc) is 3.32. The number of nitrogens with one attached hydrogen (secondary N) is 2. The van der Waals surface area contributed by atoms with Gasteiger partial charge >= 0.3 is 0 Å². The molecule has 2 aromatic rings. The van der Waals surface area contributed by atoms with Crippen LogP contribution in [-0.4, -0.2) is 41.1 Å². The van der Waals surface area contributed by atoms with Crippen molar-refractivity contribution in [2.24, 2.45) is 17.6 Å². The first-order valence-electron chi connectivity index (χ1n) is 10.4. The molecule has 4 amide bonds. The summed E-state index contributed by atoms with van der Waals surface area (Å²) in [6, 6.07) is 14.2. The summed E-state index contributed by atoms with van der Waals surface area (Å²) < 4.78 is 0.738. The van der Waals surface area contributed by atoms with E-state index in [4.69, 9.17) is 5.73 Å². The van der Waals surface area contributed by atoms with Gasteiger partial charge in [0.2, 0.25) is 23.6 Å². The van der Waals surface area contributed by atoms with Gasteiger partial charge in [-0.2, -0.15) is 0 Å². The van der Waals surface area contributed by atoms with Crippen LogP contribution in [0.3, 0.4) is 0 Å². The van der Waals surface area contributed by atoms with Crippen molar-refractivity contribution in [1.82, 2.24) is 10.2 Å². The maximum absolute atomic E-state index is 13.6. The fourth-order valence-electron chi connectivity index (χ4n) is 5.33. The molecule has 9 heteroatoms. The van der Waals surface area contributed by atoms with Crippen LogP contribution in [0.5, 0.6) is 0 Å². The van der Waals surface area contributed by atoms with Gasteiger partial charge in [0, 0.05) is 34.7 Å². The number of carbonyl (C=O) groups excluding carboxylic acids is 4. The molecule has 0 bridgehead atoms. The topological polar surface area (TPSA) is 122 Å². The molecule has 0 aromatic heterocycles. The number of nitrogens with zero attached hydrogens (tertiary/aromatic N) is 1. The highest BCUT2D eigenvalue weighted by molar-refractivity contribution is 9.10. The number of fused-ring (bicyclic) bond motifs is 4. The third-order valence-corrected chi connectivity index (χ3v) is 7.15. The molecular weight excluding hydrogens is 476 g/mol. The summed E-state index contributed by atoms with van der Waals surface area (Å²) in [6.45, 7) is 0.209. The predicted molar refractivity (Wildman–Crippen MR) is 119 cm³/mol. The van der Waals surface area contributed by atoms with E-state index in [0.717, 1.165) is 10.0 Å². The van der Waals surface area contributed by atoms with Crippen LogP contribution in [0.4, 0.5) is 5.69 Å². The van der Waals surface area contributed by atoms with Crippen LogP contribution in [0.15, 0.2) is 53.0 Å². The molecule has 0 unspecified atom stereocenters. The number of hydrogen-bond donors (Lipinski definition) is 3. The number of benzene rings is 2. The lowest BCUT2D eigenvalue weighted by Gasteiger charge is -2.29. The minimum atomic E-state index is -1.43. The Kier molecular flexibility index (Phi) is 4.90. The van der Waals surface area contributed by atoms with Crippen LogP contribution < -0.4 is 16.4 Å². The number of imide groups is 1. The molecule has 4 atom stereocenters. The SMILES string of the molecule is NC(=O)C[C@@H]1N[C@@]2(C(=O)Nc3ccc(Br)cc32)[C@@H]2C(=O)N(CCc3ccccc3)C(=O)[C@H]12.